The molecule has 4 aliphatic rings. The van der Waals surface area contributed by atoms with Gasteiger partial charge in [0.05, 0.1) is 11.3 Å². The molecule has 0 heterocycles. The van der Waals surface area contributed by atoms with Crippen molar-refractivity contribution >= 4 is 11.7 Å². The summed E-state index contributed by atoms with van der Waals surface area (Å²) in [6.45, 7) is 0. The molecule has 0 radical (unpaired) electrons. The van der Waals surface area contributed by atoms with Crippen LogP contribution in [0.15, 0.2) is 24.3 Å². The Kier molecular flexibility index (Phi) is 3.55. The summed E-state index contributed by atoms with van der Waals surface area (Å²) in [5.74, 6) is 2.00. The Labute approximate surface area is 139 Å². The number of hydrogen-bond donors (Lipinski definition) is 2. The molecule has 0 spiro atoms. The zero-order chi connectivity index (χ0) is 16.9. The van der Waals surface area contributed by atoms with Crippen molar-refractivity contribution < 1.29 is 18.0 Å². The van der Waals surface area contributed by atoms with Crippen molar-refractivity contribution in [3.8, 4) is 0 Å². The zero-order valence-corrected chi connectivity index (χ0v) is 13.3. The van der Waals surface area contributed by atoms with Crippen molar-refractivity contribution in [2.45, 2.75) is 50.2 Å². The maximum atomic E-state index is 13.0. The first-order chi connectivity index (χ1) is 11.3. The van der Waals surface area contributed by atoms with E-state index in [1.165, 1.54) is 37.5 Å². The van der Waals surface area contributed by atoms with Gasteiger partial charge >= 0.3 is 12.2 Å². The van der Waals surface area contributed by atoms with E-state index in [2.05, 4.69) is 10.6 Å². The number of rotatable bonds is 2. The van der Waals surface area contributed by atoms with Crippen molar-refractivity contribution in [3.05, 3.63) is 29.8 Å². The van der Waals surface area contributed by atoms with Crippen LogP contribution in [0.3, 0.4) is 0 Å². The van der Waals surface area contributed by atoms with Gasteiger partial charge in [0, 0.05) is 5.54 Å². The molecule has 0 atom stereocenters. The number of anilines is 1. The normalized spacial score (nSPS) is 34.2. The van der Waals surface area contributed by atoms with Crippen LogP contribution in [0.1, 0.15) is 44.1 Å². The molecular formula is C18H21F3N2O. The summed E-state index contributed by atoms with van der Waals surface area (Å²) in [4.78, 5) is 12.4. The Morgan fingerprint density at radius 1 is 1.00 bits per heavy atom. The van der Waals surface area contributed by atoms with E-state index in [0.717, 1.165) is 25.3 Å². The summed E-state index contributed by atoms with van der Waals surface area (Å²) in [7, 11) is 0. The Balaban J connectivity index is 1.48. The quantitative estimate of drug-likeness (QED) is 0.799. The number of benzene rings is 1. The van der Waals surface area contributed by atoms with E-state index in [4.69, 9.17) is 0 Å². The number of amides is 2. The maximum Gasteiger partial charge on any atom is 0.418 e. The highest BCUT2D eigenvalue weighted by molar-refractivity contribution is 5.90. The number of para-hydroxylation sites is 1. The Morgan fingerprint density at radius 3 is 2.08 bits per heavy atom. The monoisotopic (exact) mass is 338 g/mol. The van der Waals surface area contributed by atoms with E-state index in [1.54, 1.807) is 0 Å². The molecule has 130 valence electrons. The van der Waals surface area contributed by atoms with Crippen LogP contribution in [0.4, 0.5) is 23.7 Å². The standard InChI is InChI=1S/C18H21F3N2O/c19-18(20,21)14-3-1-2-4-15(14)22-16(24)23-17-8-11-5-12(9-17)7-13(6-11)10-17/h1-4,11-13H,5-10H2,(H2,22,23,24). The van der Waals surface area contributed by atoms with Crippen LogP contribution in [-0.4, -0.2) is 11.6 Å². The molecule has 4 fully saturated rings. The second kappa shape index (κ2) is 5.39. The van der Waals surface area contributed by atoms with Gasteiger partial charge in [0.15, 0.2) is 0 Å². The third-order valence-electron chi connectivity index (χ3n) is 5.90. The van der Waals surface area contributed by atoms with E-state index < -0.39 is 17.8 Å². The fourth-order valence-electron chi connectivity index (χ4n) is 5.50. The number of nitrogens with one attached hydrogen (secondary N) is 2. The number of hydrogen-bond acceptors (Lipinski definition) is 1. The van der Waals surface area contributed by atoms with Gasteiger partial charge in [0.2, 0.25) is 0 Å². The third-order valence-corrected chi connectivity index (χ3v) is 5.90. The number of urea groups is 1. The van der Waals surface area contributed by atoms with Crippen LogP contribution >= 0.6 is 0 Å². The summed E-state index contributed by atoms with van der Waals surface area (Å²) in [6.07, 6.45) is 2.16. The van der Waals surface area contributed by atoms with Gasteiger partial charge in [-0.25, -0.2) is 4.79 Å². The molecule has 1 aromatic rings. The molecular weight excluding hydrogens is 317 g/mol. The van der Waals surface area contributed by atoms with Crippen LogP contribution in [-0.2, 0) is 6.18 Å². The highest BCUT2D eigenvalue weighted by Crippen LogP contribution is 2.55. The Hall–Kier alpha value is -1.72. The smallest absolute Gasteiger partial charge is 0.332 e. The molecule has 0 saturated heterocycles. The predicted octanol–water partition coefficient (Wildman–Crippen LogP) is 4.80. The molecule has 4 bridgehead atoms. The van der Waals surface area contributed by atoms with Crippen LogP contribution in [0.25, 0.3) is 0 Å². The number of alkyl halides is 3. The molecule has 0 aromatic heterocycles. The highest BCUT2D eigenvalue weighted by atomic mass is 19.4. The van der Waals surface area contributed by atoms with Gasteiger partial charge in [-0.1, -0.05) is 12.1 Å². The van der Waals surface area contributed by atoms with Crippen molar-refractivity contribution in [3.63, 3.8) is 0 Å². The first kappa shape index (κ1) is 15.8. The summed E-state index contributed by atoms with van der Waals surface area (Å²) in [6, 6.07) is 4.58. The lowest BCUT2D eigenvalue weighted by Gasteiger charge is -2.56. The minimum absolute atomic E-state index is 0.188. The molecule has 24 heavy (non-hydrogen) atoms. The summed E-state index contributed by atoms with van der Waals surface area (Å²) in [5.41, 5.74) is -1.22. The zero-order valence-electron chi connectivity index (χ0n) is 13.3. The fourth-order valence-corrected chi connectivity index (χ4v) is 5.50. The van der Waals surface area contributed by atoms with Crippen molar-refractivity contribution in [2.24, 2.45) is 17.8 Å². The third kappa shape index (κ3) is 2.87. The number of halogens is 3. The lowest BCUT2D eigenvalue weighted by atomic mass is 9.53. The van der Waals surface area contributed by atoms with Gasteiger partial charge in [-0.3, -0.25) is 0 Å². The molecule has 2 amide bonds. The summed E-state index contributed by atoms with van der Waals surface area (Å²) in [5, 5.41) is 5.46. The molecule has 3 nitrogen and oxygen atoms in total. The fraction of sp³-hybridized carbons (Fsp3) is 0.611. The van der Waals surface area contributed by atoms with Gasteiger partial charge < -0.3 is 10.6 Å². The first-order valence-electron chi connectivity index (χ1n) is 8.58. The van der Waals surface area contributed by atoms with E-state index in [1.807, 2.05) is 0 Å². The SMILES string of the molecule is O=C(Nc1ccccc1C(F)(F)F)NC12CC3CC(CC(C3)C1)C2. The second-order valence-corrected chi connectivity index (χ2v) is 7.82. The molecule has 5 rings (SSSR count). The van der Waals surface area contributed by atoms with Crippen LogP contribution in [0.2, 0.25) is 0 Å². The number of carbonyl (C=O) groups is 1. The van der Waals surface area contributed by atoms with E-state index >= 15 is 0 Å². The molecule has 2 N–H and O–H groups in total. The van der Waals surface area contributed by atoms with Gasteiger partial charge in [0.25, 0.3) is 0 Å². The predicted molar refractivity (Wildman–Crippen MR) is 84.5 cm³/mol. The van der Waals surface area contributed by atoms with Crippen molar-refractivity contribution in [2.75, 3.05) is 5.32 Å². The largest absolute Gasteiger partial charge is 0.418 e. The average molecular weight is 338 g/mol. The maximum absolute atomic E-state index is 13.0. The van der Waals surface area contributed by atoms with Gasteiger partial charge in [-0.2, -0.15) is 13.2 Å². The molecule has 1 aromatic carbocycles. The van der Waals surface area contributed by atoms with Gasteiger partial charge in [-0.05, 0) is 68.4 Å². The lowest BCUT2D eigenvalue weighted by molar-refractivity contribution is -0.136. The molecule has 4 aliphatic carbocycles. The van der Waals surface area contributed by atoms with Crippen LogP contribution < -0.4 is 10.6 Å². The first-order valence-corrected chi connectivity index (χ1v) is 8.58. The molecule has 0 aliphatic heterocycles. The van der Waals surface area contributed by atoms with Crippen molar-refractivity contribution in [1.29, 1.82) is 0 Å². The summed E-state index contributed by atoms with van der Waals surface area (Å²) >= 11 is 0. The lowest BCUT2D eigenvalue weighted by Crippen LogP contribution is -2.60. The van der Waals surface area contributed by atoms with Crippen LogP contribution in [0.5, 0.6) is 0 Å². The summed E-state index contributed by atoms with van der Waals surface area (Å²) < 4.78 is 39.1. The molecule has 6 heteroatoms. The number of carbonyl (C=O) groups excluding carboxylic acids is 1. The van der Waals surface area contributed by atoms with Crippen molar-refractivity contribution in [1.82, 2.24) is 5.32 Å². The Morgan fingerprint density at radius 2 is 1.54 bits per heavy atom. The average Bonchev–Trinajstić information content (AvgIpc) is 2.44. The minimum Gasteiger partial charge on any atom is -0.332 e. The molecule has 4 saturated carbocycles. The highest BCUT2D eigenvalue weighted by Gasteiger charge is 2.51. The second-order valence-electron chi connectivity index (χ2n) is 7.82. The van der Waals surface area contributed by atoms with E-state index in [0.29, 0.717) is 17.8 Å². The Bertz CT molecular complexity index is 621. The van der Waals surface area contributed by atoms with Gasteiger partial charge in [0.1, 0.15) is 0 Å². The minimum atomic E-state index is -4.48. The molecule has 0 unspecified atom stereocenters. The van der Waals surface area contributed by atoms with E-state index in [9.17, 15) is 18.0 Å². The van der Waals surface area contributed by atoms with Gasteiger partial charge in [-0.15, -0.1) is 0 Å². The van der Waals surface area contributed by atoms with E-state index in [-0.39, 0.29) is 11.2 Å². The topological polar surface area (TPSA) is 41.1 Å². The van der Waals surface area contributed by atoms with Crippen LogP contribution in [0, 0.1) is 17.8 Å².